The standard InChI is InChI=1S/C10H15FN2O5/c1-12-10(17)6(11)3-13(5-15)9-2-7(16)8(4-14)18-9/h3,5,7-9,14,16H,2,4H2,1H3,(H,12,17)/b6-3+. The van der Waals surface area contributed by atoms with Gasteiger partial charge in [-0.25, -0.2) is 0 Å². The van der Waals surface area contributed by atoms with Gasteiger partial charge in [0.1, 0.15) is 12.3 Å². The van der Waals surface area contributed by atoms with Crippen LogP contribution in [0.3, 0.4) is 0 Å². The van der Waals surface area contributed by atoms with E-state index in [-0.39, 0.29) is 12.8 Å². The van der Waals surface area contributed by atoms with Crippen LogP contribution in [-0.4, -0.2) is 59.5 Å². The largest absolute Gasteiger partial charge is 0.394 e. The number of amides is 2. The van der Waals surface area contributed by atoms with Crippen LogP contribution in [0.25, 0.3) is 0 Å². The molecule has 3 atom stereocenters. The van der Waals surface area contributed by atoms with Crippen molar-refractivity contribution in [1.82, 2.24) is 10.2 Å². The summed E-state index contributed by atoms with van der Waals surface area (Å²) in [5.41, 5.74) is 0. The molecule has 1 aliphatic heterocycles. The van der Waals surface area contributed by atoms with Crippen LogP contribution in [0, 0.1) is 0 Å². The van der Waals surface area contributed by atoms with Gasteiger partial charge in [0.25, 0.3) is 5.91 Å². The molecule has 0 spiro atoms. The van der Waals surface area contributed by atoms with E-state index >= 15 is 0 Å². The Morgan fingerprint density at radius 2 is 2.33 bits per heavy atom. The van der Waals surface area contributed by atoms with Crippen molar-refractivity contribution in [3.8, 4) is 0 Å². The normalized spacial score (nSPS) is 28.0. The lowest BCUT2D eigenvalue weighted by atomic mass is 10.2. The number of carbonyl (C=O) groups excluding carboxylic acids is 2. The molecule has 0 aromatic rings. The molecule has 8 heteroatoms. The Hall–Kier alpha value is -1.51. The molecule has 0 bridgehead atoms. The van der Waals surface area contributed by atoms with Crippen LogP contribution in [0.15, 0.2) is 12.0 Å². The van der Waals surface area contributed by atoms with Crippen LogP contribution in [-0.2, 0) is 14.3 Å². The Bertz CT molecular complexity index is 349. The molecular weight excluding hydrogens is 247 g/mol. The highest BCUT2D eigenvalue weighted by Crippen LogP contribution is 2.23. The second-order valence-corrected chi connectivity index (χ2v) is 3.72. The number of ether oxygens (including phenoxy) is 1. The molecule has 1 aliphatic rings. The van der Waals surface area contributed by atoms with E-state index in [4.69, 9.17) is 9.84 Å². The first kappa shape index (κ1) is 14.6. The Kier molecular flexibility index (Phi) is 5.20. The molecule has 0 radical (unpaired) electrons. The summed E-state index contributed by atoms with van der Waals surface area (Å²) in [6.07, 6.45) is -1.69. The van der Waals surface area contributed by atoms with Crippen LogP contribution in [0.2, 0.25) is 0 Å². The van der Waals surface area contributed by atoms with Crippen LogP contribution in [0.1, 0.15) is 6.42 Å². The molecule has 3 N–H and O–H groups in total. The summed E-state index contributed by atoms with van der Waals surface area (Å²) >= 11 is 0. The maximum Gasteiger partial charge on any atom is 0.281 e. The zero-order valence-electron chi connectivity index (χ0n) is 9.75. The van der Waals surface area contributed by atoms with E-state index in [2.05, 4.69) is 5.32 Å². The molecule has 2 amide bonds. The number of aliphatic hydroxyl groups excluding tert-OH is 2. The highest BCUT2D eigenvalue weighted by atomic mass is 19.1. The van der Waals surface area contributed by atoms with Crippen molar-refractivity contribution in [3.05, 3.63) is 12.0 Å². The quantitative estimate of drug-likeness (QED) is 0.412. The molecule has 18 heavy (non-hydrogen) atoms. The van der Waals surface area contributed by atoms with E-state index in [1.807, 2.05) is 0 Å². The van der Waals surface area contributed by atoms with Crippen LogP contribution < -0.4 is 5.32 Å². The fourth-order valence-corrected chi connectivity index (χ4v) is 1.55. The minimum absolute atomic E-state index is 0.0293. The number of hydrogen-bond donors (Lipinski definition) is 3. The number of aliphatic hydroxyl groups is 2. The summed E-state index contributed by atoms with van der Waals surface area (Å²) in [5, 5.41) is 20.4. The summed E-state index contributed by atoms with van der Waals surface area (Å²) in [4.78, 5) is 22.5. The van der Waals surface area contributed by atoms with Gasteiger partial charge in [-0.15, -0.1) is 0 Å². The van der Waals surface area contributed by atoms with E-state index in [1.165, 1.54) is 7.05 Å². The molecule has 0 aromatic carbocycles. The van der Waals surface area contributed by atoms with Crippen molar-refractivity contribution >= 4 is 12.3 Å². The molecule has 1 rings (SSSR count). The molecule has 1 heterocycles. The molecule has 7 nitrogen and oxygen atoms in total. The first-order valence-corrected chi connectivity index (χ1v) is 5.30. The van der Waals surface area contributed by atoms with Crippen LogP contribution in [0.5, 0.6) is 0 Å². The van der Waals surface area contributed by atoms with Gasteiger partial charge in [0.2, 0.25) is 12.2 Å². The maximum absolute atomic E-state index is 13.2. The molecule has 0 aromatic heterocycles. The van der Waals surface area contributed by atoms with Crippen molar-refractivity contribution in [2.45, 2.75) is 24.9 Å². The lowest BCUT2D eigenvalue weighted by Crippen LogP contribution is -2.31. The molecule has 0 aliphatic carbocycles. The molecule has 3 unspecified atom stereocenters. The summed E-state index contributed by atoms with van der Waals surface area (Å²) in [5.74, 6) is -2.13. The van der Waals surface area contributed by atoms with Gasteiger partial charge < -0.3 is 20.3 Å². The SMILES string of the molecule is CNC(=O)/C(F)=C\N(C=O)C1CC(O)C(CO)O1. The van der Waals surface area contributed by atoms with E-state index in [1.54, 1.807) is 0 Å². The number of likely N-dealkylation sites (N-methyl/N-ethyl adjacent to an activating group) is 1. The number of carbonyl (C=O) groups is 2. The molecule has 102 valence electrons. The van der Waals surface area contributed by atoms with Crippen LogP contribution in [0.4, 0.5) is 4.39 Å². The third-order valence-corrected chi connectivity index (χ3v) is 2.54. The van der Waals surface area contributed by atoms with Gasteiger partial charge in [0.15, 0.2) is 0 Å². The second-order valence-electron chi connectivity index (χ2n) is 3.72. The molecule has 1 saturated heterocycles. The second kappa shape index (κ2) is 6.43. The predicted octanol–water partition coefficient (Wildman–Crippen LogP) is -1.53. The Morgan fingerprint density at radius 3 is 2.78 bits per heavy atom. The lowest BCUT2D eigenvalue weighted by Gasteiger charge is -2.20. The van der Waals surface area contributed by atoms with Crippen molar-refractivity contribution in [1.29, 1.82) is 0 Å². The van der Waals surface area contributed by atoms with E-state index in [9.17, 15) is 19.1 Å². The Labute approximate surface area is 103 Å². The number of nitrogens with one attached hydrogen (secondary N) is 1. The van der Waals surface area contributed by atoms with Gasteiger partial charge in [-0.1, -0.05) is 0 Å². The number of nitrogens with zero attached hydrogens (tertiary/aromatic N) is 1. The van der Waals surface area contributed by atoms with Crippen molar-refractivity contribution < 1.29 is 28.9 Å². The number of rotatable bonds is 5. The Balaban J connectivity index is 2.74. The Morgan fingerprint density at radius 1 is 1.67 bits per heavy atom. The fourth-order valence-electron chi connectivity index (χ4n) is 1.55. The molecule has 0 saturated carbocycles. The molecule has 1 fully saturated rings. The average Bonchev–Trinajstić information content (AvgIpc) is 2.75. The van der Waals surface area contributed by atoms with Gasteiger partial charge in [-0.3, -0.25) is 14.5 Å². The third-order valence-electron chi connectivity index (χ3n) is 2.54. The highest BCUT2D eigenvalue weighted by molar-refractivity contribution is 5.91. The van der Waals surface area contributed by atoms with Crippen molar-refractivity contribution in [2.75, 3.05) is 13.7 Å². The van der Waals surface area contributed by atoms with Gasteiger partial charge in [-0.2, -0.15) is 4.39 Å². The summed E-state index contributed by atoms with van der Waals surface area (Å²) in [7, 11) is 1.25. The summed E-state index contributed by atoms with van der Waals surface area (Å²) < 4.78 is 18.4. The first-order chi connectivity index (χ1) is 8.53. The van der Waals surface area contributed by atoms with Crippen molar-refractivity contribution in [3.63, 3.8) is 0 Å². The van der Waals surface area contributed by atoms with Gasteiger partial charge in [0, 0.05) is 13.5 Å². The summed E-state index contributed by atoms with van der Waals surface area (Å²) in [6, 6.07) is 0. The number of halogens is 1. The third kappa shape index (κ3) is 3.25. The minimum atomic E-state index is -1.16. The fraction of sp³-hybridized carbons (Fsp3) is 0.600. The number of hydrogen-bond acceptors (Lipinski definition) is 5. The highest BCUT2D eigenvalue weighted by Gasteiger charge is 2.36. The van der Waals surface area contributed by atoms with E-state index < -0.39 is 36.8 Å². The van der Waals surface area contributed by atoms with Gasteiger partial charge >= 0.3 is 0 Å². The lowest BCUT2D eigenvalue weighted by molar-refractivity contribution is -0.128. The average molecular weight is 262 g/mol. The smallest absolute Gasteiger partial charge is 0.281 e. The van der Waals surface area contributed by atoms with E-state index in [0.29, 0.717) is 6.20 Å². The van der Waals surface area contributed by atoms with Crippen molar-refractivity contribution in [2.24, 2.45) is 0 Å². The van der Waals surface area contributed by atoms with Crippen LogP contribution >= 0.6 is 0 Å². The maximum atomic E-state index is 13.2. The zero-order chi connectivity index (χ0) is 13.7. The minimum Gasteiger partial charge on any atom is -0.394 e. The first-order valence-electron chi connectivity index (χ1n) is 5.30. The summed E-state index contributed by atoms with van der Waals surface area (Å²) in [6.45, 7) is -0.411. The predicted molar refractivity (Wildman–Crippen MR) is 57.5 cm³/mol. The monoisotopic (exact) mass is 262 g/mol. The van der Waals surface area contributed by atoms with Gasteiger partial charge in [0.05, 0.1) is 18.9 Å². The topological polar surface area (TPSA) is 99.1 Å². The van der Waals surface area contributed by atoms with E-state index in [0.717, 1.165) is 4.90 Å². The van der Waals surface area contributed by atoms with Gasteiger partial charge in [-0.05, 0) is 0 Å². The zero-order valence-corrected chi connectivity index (χ0v) is 9.75. The molecular formula is C10H15FN2O5.